The molecule has 0 N–H and O–H groups in total. The second-order valence-corrected chi connectivity index (χ2v) is 9.72. The molecule has 3 heteroatoms. The second kappa shape index (κ2) is 25.1. The summed E-state index contributed by atoms with van der Waals surface area (Å²) >= 11 is 4.07. The highest BCUT2D eigenvalue weighted by atomic mass is 32.1. The van der Waals surface area contributed by atoms with Crippen LogP contribution in [0.4, 0.5) is 4.79 Å². The Hall–Kier alpha value is -0.180. The second-order valence-electron chi connectivity index (χ2n) is 9.34. The number of hydrogen-bond acceptors (Lipinski definition) is 1. The van der Waals surface area contributed by atoms with E-state index in [9.17, 15) is 4.79 Å². The van der Waals surface area contributed by atoms with Crippen molar-refractivity contribution in [2.24, 2.45) is 0 Å². The summed E-state index contributed by atoms with van der Waals surface area (Å²) in [4.78, 5) is 13.6. The number of thiol groups is 1. The molecule has 0 rings (SSSR count). The smallest absolute Gasteiger partial charge is 0.278 e. The molecule has 0 spiro atoms. The molecular weight excluding hydrogens is 386 g/mol. The van der Waals surface area contributed by atoms with Crippen molar-refractivity contribution in [3.63, 3.8) is 0 Å². The van der Waals surface area contributed by atoms with Gasteiger partial charge in [0, 0.05) is 13.1 Å². The predicted molar refractivity (Wildman–Crippen MR) is 139 cm³/mol. The summed E-state index contributed by atoms with van der Waals surface area (Å²) in [7, 11) is 0. The van der Waals surface area contributed by atoms with Crippen LogP contribution in [0.15, 0.2) is 0 Å². The van der Waals surface area contributed by atoms with Crippen LogP contribution in [0.5, 0.6) is 0 Å². The number of rotatable bonds is 24. The first-order valence-corrected chi connectivity index (χ1v) is 14.1. The first-order valence-electron chi connectivity index (χ1n) is 13.7. The lowest BCUT2D eigenvalue weighted by Gasteiger charge is -2.20. The van der Waals surface area contributed by atoms with Gasteiger partial charge in [-0.15, -0.1) is 0 Å². The molecule has 0 bridgehead atoms. The molecule has 0 aliphatic carbocycles. The van der Waals surface area contributed by atoms with Crippen molar-refractivity contribution in [3.8, 4) is 0 Å². The van der Waals surface area contributed by atoms with E-state index in [0.29, 0.717) is 0 Å². The lowest BCUT2D eigenvalue weighted by molar-refractivity contribution is 0.220. The molecule has 2 nitrogen and oxygen atoms in total. The van der Waals surface area contributed by atoms with Gasteiger partial charge in [-0.05, 0) is 12.8 Å². The van der Waals surface area contributed by atoms with Gasteiger partial charge in [-0.1, -0.05) is 155 Å². The Balaban J connectivity index is 3.34. The largest absolute Gasteiger partial charge is 0.334 e. The summed E-state index contributed by atoms with van der Waals surface area (Å²) in [5.74, 6) is 0. The maximum absolute atomic E-state index is 11.7. The van der Waals surface area contributed by atoms with E-state index in [-0.39, 0.29) is 5.24 Å². The zero-order valence-corrected chi connectivity index (χ0v) is 21.7. The molecule has 0 aromatic rings. The van der Waals surface area contributed by atoms with E-state index in [1.165, 1.54) is 128 Å². The SMILES string of the molecule is CCCCCCCCCCCCCCCCCCN(CCCCCCCC)C(=O)S. The summed E-state index contributed by atoms with van der Waals surface area (Å²) < 4.78 is 0. The van der Waals surface area contributed by atoms with Crippen molar-refractivity contribution in [1.29, 1.82) is 0 Å². The highest BCUT2D eigenvalue weighted by molar-refractivity contribution is 7.96. The molecular formula is C27H55NOS. The van der Waals surface area contributed by atoms with Crippen molar-refractivity contribution in [2.45, 2.75) is 155 Å². The number of amides is 1. The van der Waals surface area contributed by atoms with E-state index in [4.69, 9.17) is 0 Å². The quantitative estimate of drug-likeness (QED) is 0.117. The van der Waals surface area contributed by atoms with E-state index in [2.05, 4.69) is 26.5 Å². The topological polar surface area (TPSA) is 20.3 Å². The van der Waals surface area contributed by atoms with Crippen LogP contribution >= 0.6 is 12.6 Å². The van der Waals surface area contributed by atoms with Crippen LogP contribution in [0, 0.1) is 0 Å². The average Bonchev–Trinajstić information content (AvgIpc) is 2.74. The fraction of sp³-hybridized carbons (Fsp3) is 0.963. The highest BCUT2D eigenvalue weighted by Gasteiger charge is 2.08. The normalized spacial score (nSPS) is 11.2. The molecule has 0 saturated heterocycles. The van der Waals surface area contributed by atoms with Crippen LogP contribution in [0.2, 0.25) is 0 Å². The van der Waals surface area contributed by atoms with E-state index in [1.807, 2.05) is 4.90 Å². The van der Waals surface area contributed by atoms with Gasteiger partial charge in [0.1, 0.15) is 0 Å². The van der Waals surface area contributed by atoms with Gasteiger partial charge in [-0.2, -0.15) is 0 Å². The lowest BCUT2D eigenvalue weighted by Crippen LogP contribution is -2.28. The molecule has 0 aliphatic heterocycles. The Bertz CT molecular complexity index is 348. The van der Waals surface area contributed by atoms with Gasteiger partial charge in [0.2, 0.25) is 0 Å². The zero-order chi connectivity index (χ0) is 22.1. The maximum Gasteiger partial charge on any atom is 0.278 e. The summed E-state index contributed by atoms with van der Waals surface area (Å²) in [6.45, 7) is 6.33. The number of hydrogen-bond donors (Lipinski definition) is 1. The van der Waals surface area contributed by atoms with Gasteiger partial charge in [-0.25, -0.2) is 0 Å². The molecule has 0 aliphatic rings. The summed E-state index contributed by atoms with van der Waals surface area (Å²) in [6, 6.07) is 0. The van der Waals surface area contributed by atoms with Crippen molar-refractivity contribution in [3.05, 3.63) is 0 Å². The van der Waals surface area contributed by atoms with Gasteiger partial charge in [0.25, 0.3) is 5.24 Å². The Kier molecular flexibility index (Phi) is 24.9. The average molecular weight is 442 g/mol. The third-order valence-electron chi connectivity index (χ3n) is 6.33. The van der Waals surface area contributed by atoms with Crippen molar-refractivity contribution >= 4 is 17.9 Å². The van der Waals surface area contributed by atoms with Gasteiger partial charge in [0.05, 0.1) is 0 Å². The summed E-state index contributed by atoms with van der Waals surface area (Å²) in [6.07, 6.45) is 29.9. The van der Waals surface area contributed by atoms with E-state index >= 15 is 0 Å². The first-order chi connectivity index (χ1) is 14.7. The van der Waals surface area contributed by atoms with Crippen molar-refractivity contribution in [2.75, 3.05) is 13.1 Å². The Morgan fingerprint density at radius 3 is 0.933 bits per heavy atom. The summed E-state index contributed by atoms with van der Waals surface area (Å²) in [5, 5.41) is -0.0375. The molecule has 0 heterocycles. The molecule has 0 aromatic heterocycles. The number of carbonyl (C=O) groups is 1. The van der Waals surface area contributed by atoms with Gasteiger partial charge in [0.15, 0.2) is 0 Å². The standard InChI is InChI=1S/C27H55NOS/c1-3-5-7-9-11-12-13-14-15-16-17-18-19-20-22-24-26-28(27(29)30)25-23-21-10-8-6-4-2/h3-26H2,1-2H3,(H,29,30). The maximum atomic E-state index is 11.7. The highest BCUT2D eigenvalue weighted by Crippen LogP contribution is 2.14. The van der Waals surface area contributed by atoms with Gasteiger partial charge in [-0.3, -0.25) is 4.79 Å². The number of unbranched alkanes of at least 4 members (excludes halogenated alkanes) is 20. The molecule has 180 valence electrons. The summed E-state index contributed by atoms with van der Waals surface area (Å²) in [5.41, 5.74) is 0. The molecule has 30 heavy (non-hydrogen) atoms. The fourth-order valence-corrected chi connectivity index (χ4v) is 4.44. The molecule has 0 aromatic carbocycles. The van der Waals surface area contributed by atoms with Gasteiger partial charge >= 0.3 is 0 Å². The fourth-order valence-electron chi connectivity index (χ4n) is 4.24. The Labute approximate surface area is 195 Å². The van der Waals surface area contributed by atoms with Crippen LogP contribution in [0.1, 0.15) is 155 Å². The third kappa shape index (κ3) is 22.5. The lowest BCUT2D eigenvalue weighted by atomic mass is 10.0. The minimum atomic E-state index is -0.0375. The van der Waals surface area contributed by atoms with Crippen LogP contribution < -0.4 is 0 Å². The van der Waals surface area contributed by atoms with E-state index < -0.39 is 0 Å². The van der Waals surface area contributed by atoms with E-state index in [1.54, 1.807) is 0 Å². The van der Waals surface area contributed by atoms with Crippen LogP contribution in [0.3, 0.4) is 0 Å². The van der Waals surface area contributed by atoms with Crippen LogP contribution in [0.25, 0.3) is 0 Å². The van der Waals surface area contributed by atoms with Crippen molar-refractivity contribution in [1.82, 2.24) is 4.90 Å². The van der Waals surface area contributed by atoms with Crippen LogP contribution in [-0.2, 0) is 0 Å². The zero-order valence-electron chi connectivity index (χ0n) is 20.8. The van der Waals surface area contributed by atoms with Crippen LogP contribution in [-0.4, -0.2) is 23.2 Å². The molecule has 0 unspecified atom stereocenters. The molecule has 0 radical (unpaired) electrons. The third-order valence-corrected chi connectivity index (χ3v) is 6.62. The molecule has 0 fully saturated rings. The number of nitrogens with zero attached hydrogens (tertiary/aromatic N) is 1. The monoisotopic (exact) mass is 441 g/mol. The number of carbonyl (C=O) groups excluding carboxylic acids is 1. The molecule has 1 amide bonds. The molecule has 0 saturated carbocycles. The minimum absolute atomic E-state index is 0.0375. The van der Waals surface area contributed by atoms with Crippen molar-refractivity contribution < 1.29 is 4.79 Å². The minimum Gasteiger partial charge on any atom is -0.334 e. The Morgan fingerprint density at radius 2 is 0.700 bits per heavy atom. The van der Waals surface area contributed by atoms with E-state index in [0.717, 1.165) is 25.9 Å². The molecule has 0 atom stereocenters. The first kappa shape index (κ1) is 29.8. The Morgan fingerprint density at radius 1 is 0.467 bits per heavy atom. The van der Waals surface area contributed by atoms with Gasteiger partial charge < -0.3 is 4.90 Å². The predicted octanol–water partition coefficient (Wildman–Crippen LogP) is 9.96.